The molecule has 1 aromatic rings. The van der Waals surface area contributed by atoms with Crippen LogP contribution in [-0.2, 0) is 4.79 Å². The number of hydrogen-bond acceptors (Lipinski definition) is 3. The Kier molecular flexibility index (Phi) is 4.10. The van der Waals surface area contributed by atoms with Crippen molar-refractivity contribution in [2.75, 3.05) is 30.7 Å². The maximum atomic E-state index is 12.0. The van der Waals surface area contributed by atoms with Crippen molar-refractivity contribution in [2.45, 2.75) is 26.7 Å². The average Bonchev–Trinajstić information content (AvgIpc) is 2.35. The minimum atomic E-state index is 0.0117. The van der Waals surface area contributed by atoms with Crippen molar-refractivity contribution in [3.63, 3.8) is 0 Å². The van der Waals surface area contributed by atoms with E-state index in [4.69, 9.17) is 5.73 Å². The lowest BCUT2D eigenvalue weighted by Crippen LogP contribution is -2.41. The summed E-state index contributed by atoms with van der Waals surface area (Å²) in [7, 11) is 0. The highest BCUT2D eigenvalue weighted by atomic mass is 16.2. The molecule has 0 bridgehead atoms. The lowest BCUT2D eigenvalue weighted by molar-refractivity contribution is -0.117. The van der Waals surface area contributed by atoms with Gasteiger partial charge in [-0.15, -0.1) is 0 Å². The van der Waals surface area contributed by atoms with Gasteiger partial charge in [0.25, 0.3) is 0 Å². The zero-order valence-corrected chi connectivity index (χ0v) is 11.8. The van der Waals surface area contributed by atoms with Crippen LogP contribution in [0.2, 0.25) is 0 Å². The second-order valence-electron chi connectivity index (χ2n) is 6.08. The smallest absolute Gasteiger partial charge is 0.238 e. The van der Waals surface area contributed by atoms with E-state index in [9.17, 15) is 4.79 Å². The van der Waals surface area contributed by atoms with Gasteiger partial charge in [0.2, 0.25) is 5.91 Å². The van der Waals surface area contributed by atoms with Crippen LogP contribution in [0.4, 0.5) is 11.4 Å². The van der Waals surface area contributed by atoms with Gasteiger partial charge in [-0.05, 0) is 43.5 Å². The first-order chi connectivity index (χ1) is 8.96. The minimum absolute atomic E-state index is 0.0117. The topological polar surface area (TPSA) is 58.4 Å². The Bertz CT molecular complexity index is 446. The van der Waals surface area contributed by atoms with E-state index >= 15 is 0 Å². The summed E-state index contributed by atoms with van der Waals surface area (Å²) in [6, 6.07) is 7.35. The van der Waals surface area contributed by atoms with Gasteiger partial charge in [-0.1, -0.05) is 26.0 Å². The number of anilines is 2. The van der Waals surface area contributed by atoms with Crippen molar-refractivity contribution < 1.29 is 4.79 Å². The third-order valence-electron chi connectivity index (χ3n) is 3.81. The number of nitrogens with one attached hydrogen (secondary N) is 1. The van der Waals surface area contributed by atoms with E-state index < -0.39 is 0 Å². The van der Waals surface area contributed by atoms with Crippen molar-refractivity contribution >= 4 is 17.3 Å². The summed E-state index contributed by atoms with van der Waals surface area (Å²) in [5.41, 5.74) is 7.53. The molecule has 1 heterocycles. The van der Waals surface area contributed by atoms with Gasteiger partial charge in [0.05, 0.1) is 17.9 Å². The molecule has 2 rings (SSSR count). The first kappa shape index (κ1) is 13.9. The molecule has 3 N–H and O–H groups in total. The fourth-order valence-corrected chi connectivity index (χ4v) is 2.32. The summed E-state index contributed by atoms with van der Waals surface area (Å²) in [5.74, 6) is 0.0117. The van der Waals surface area contributed by atoms with E-state index in [1.165, 1.54) is 0 Å². The molecule has 0 saturated carbocycles. The van der Waals surface area contributed by atoms with Gasteiger partial charge in [0.15, 0.2) is 0 Å². The average molecular weight is 261 g/mol. The van der Waals surface area contributed by atoms with Gasteiger partial charge in [-0.3, -0.25) is 9.69 Å². The molecule has 1 fully saturated rings. The van der Waals surface area contributed by atoms with Gasteiger partial charge in [0.1, 0.15) is 0 Å². The number of nitrogens with two attached hydrogens (primary N) is 1. The molecule has 4 nitrogen and oxygen atoms in total. The van der Waals surface area contributed by atoms with Crippen molar-refractivity contribution in [3.05, 3.63) is 24.3 Å². The van der Waals surface area contributed by atoms with Crippen LogP contribution in [0.25, 0.3) is 0 Å². The fourth-order valence-electron chi connectivity index (χ4n) is 2.32. The molecule has 0 spiro atoms. The molecule has 1 aliphatic heterocycles. The van der Waals surface area contributed by atoms with Crippen molar-refractivity contribution in [1.29, 1.82) is 0 Å². The SMILES string of the molecule is CC1(C)CCN(CC(=O)Nc2ccccc2N)CC1. The molecule has 0 radical (unpaired) electrons. The zero-order chi connectivity index (χ0) is 13.9. The van der Waals surface area contributed by atoms with Crippen LogP contribution < -0.4 is 11.1 Å². The second-order valence-corrected chi connectivity index (χ2v) is 6.08. The maximum Gasteiger partial charge on any atom is 0.238 e. The molecule has 19 heavy (non-hydrogen) atoms. The Morgan fingerprint density at radius 1 is 1.32 bits per heavy atom. The highest BCUT2D eigenvalue weighted by Gasteiger charge is 2.26. The number of para-hydroxylation sites is 2. The molecule has 104 valence electrons. The highest BCUT2D eigenvalue weighted by Crippen LogP contribution is 2.29. The Morgan fingerprint density at radius 3 is 2.58 bits per heavy atom. The standard InChI is InChI=1S/C15H23N3O/c1-15(2)7-9-18(10-8-15)11-14(19)17-13-6-4-3-5-12(13)16/h3-6H,7-11,16H2,1-2H3,(H,17,19). The van der Waals surface area contributed by atoms with Gasteiger partial charge >= 0.3 is 0 Å². The summed E-state index contributed by atoms with van der Waals surface area (Å²) < 4.78 is 0. The first-order valence-electron chi connectivity index (χ1n) is 6.83. The summed E-state index contributed by atoms with van der Waals surface area (Å²) in [6.07, 6.45) is 2.29. The molecule has 0 atom stereocenters. The van der Waals surface area contributed by atoms with E-state index in [-0.39, 0.29) is 5.91 Å². The monoisotopic (exact) mass is 261 g/mol. The van der Waals surface area contributed by atoms with E-state index in [0.717, 1.165) is 25.9 Å². The maximum absolute atomic E-state index is 12.0. The van der Waals surface area contributed by atoms with Crippen LogP contribution in [0.5, 0.6) is 0 Å². The minimum Gasteiger partial charge on any atom is -0.397 e. The summed E-state index contributed by atoms with van der Waals surface area (Å²) in [5, 5.41) is 2.87. The Balaban J connectivity index is 1.84. The third-order valence-corrected chi connectivity index (χ3v) is 3.81. The van der Waals surface area contributed by atoms with E-state index in [1.54, 1.807) is 6.07 Å². The van der Waals surface area contributed by atoms with Crippen LogP contribution in [-0.4, -0.2) is 30.4 Å². The van der Waals surface area contributed by atoms with E-state index in [1.807, 2.05) is 18.2 Å². The molecule has 1 aromatic carbocycles. The third kappa shape index (κ3) is 3.96. The number of rotatable bonds is 3. The van der Waals surface area contributed by atoms with Crippen molar-refractivity contribution in [3.8, 4) is 0 Å². The predicted molar refractivity (Wildman–Crippen MR) is 78.9 cm³/mol. The number of nitrogens with zero attached hydrogens (tertiary/aromatic N) is 1. The van der Waals surface area contributed by atoms with Crippen LogP contribution in [0.15, 0.2) is 24.3 Å². The van der Waals surface area contributed by atoms with E-state index in [0.29, 0.717) is 23.3 Å². The molecular weight excluding hydrogens is 238 g/mol. The van der Waals surface area contributed by atoms with Gasteiger partial charge < -0.3 is 11.1 Å². The second kappa shape index (κ2) is 5.61. The number of piperidine rings is 1. The number of amides is 1. The summed E-state index contributed by atoms with van der Waals surface area (Å²) >= 11 is 0. The van der Waals surface area contributed by atoms with Crippen LogP contribution in [0, 0.1) is 5.41 Å². The lowest BCUT2D eigenvalue weighted by Gasteiger charge is -2.36. The quantitative estimate of drug-likeness (QED) is 0.821. The molecule has 1 amide bonds. The largest absolute Gasteiger partial charge is 0.397 e. The number of carbonyl (C=O) groups is 1. The van der Waals surface area contributed by atoms with Gasteiger partial charge in [-0.25, -0.2) is 0 Å². The predicted octanol–water partition coefficient (Wildman–Crippen LogP) is 2.33. The molecule has 0 aromatic heterocycles. The van der Waals surface area contributed by atoms with Crippen LogP contribution in [0.1, 0.15) is 26.7 Å². The Labute approximate surface area is 115 Å². The normalized spacial score (nSPS) is 19.1. The zero-order valence-electron chi connectivity index (χ0n) is 11.8. The number of hydrogen-bond donors (Lipinski definition) is 2. The molecule has 4 heteroatoms. The molecule has 1 saturated heterocycles. The first-order valence-corrected chi connectivity index (χ1v) is 6.83. The van der Waals surface area contributed by atoms with Crippen LogP contribution >= 0.6 is 0 Å². The number of likely N-dealkylation sites (tertiary alicyclic amines) is 1. The van der Waals surface area contributed by atoms with Crippen molar-refractivity contribution in [1.82, 2.24) is 4.90 Å². The molecule has 1 aliphatic rings. The summed E-state index contributed by atoms with van der Waals surface area (Å²) in [4.78, 5) is 14.2. The van der Waals surface area contributed by atoms with E-state index in [2.05, 4.69) is 24.1 Å². The Morgan fingerprint density at radius 2 is 1.95 bits per heavy atom. The van der Waals surface area contributed by atoms with Crippen LogP contribution in [0.3, 0.4) is 0 Å². The number of benzene rings is 1. The summed E-state index contributed by atoms with van der Waals surface area (Å²) in [6.45, 7) is 7.00. The number of nitrogen functional groups attached to an aromatic ring is 1. The lowest BCUT2D eigenvalue weighted by atomic mass is 9.83. The van der Waals surface area contributed by atoms with Gasteiger partial charge in [0, 0.05) is 0 Å². The van der Waals surface area contributed by atoms with Crippen molar-refractivity contribution in [2.24, 2.45) is 5.41 Å². The molecular formula is C15H23N3O. The highest BCUT2D eigenvalue weighted by molar-refractivity contribution is 5.95. The number of carbonyl (C=O) groups excluding carboxylic acids is 1. The molecule has 0 aliphatic carbocycles. The van der Waals surface area contributed by atoms with Gasteiger partial charge in [-0.2, -0.15) is 0 Å². The Hall–Kier alpha value is -1.55. The fraction of sp³-hybridized carbons (Fsp3) is 0.533. The molecule has 0 unspecified atom stereocenters.